The van der Waals surface area contributed by atoms with Gasteiger partial charge in [0.05, 0.1) is 27.9 Å². The Morgan fingerprint density at radius 3 is 2.09 bits per heavy atom. The Morgan fingerprint density at radius 2 is 1.51 bits per heavy atom. The lowest BCUT2D eigenvalue weighted by Crippen LogP contribution is -2.28. The summed E-state index contributed by atoms with van der Waals surface area (Å²) in [6, 6.07) is 20.2. The van der Waals surface area contributed by atoms with Crippen molar-refractivity contribution in [1.82, 2.24) is 5.32 Å². The molecule has 0 bridgehead atoms. The van der Waals surface area contributed by atoms with Crippen LogP contribution in [0.5, 0.6) is 0 Å². The molecule has 0 radical (unpaired) electrons. The van der Waals surface area contributed by atoms with E-state index in [2.05, 4.69) is 10.6 Å². The number of halogens is 6. The minimum Gasteiger partial charge on any atom is -0.351 e. The minimum atomic E-state index is -4.56. The van der Waals surface area contributed by atoms with E-state index in [1.165, 1.54) is 24.3 Å². The molecule has 236 valence electrons. The first-order chi connectivity index (χ1) is 21.1. The van der Waals surface area contributed by atoms with E-state index in [9.17, 15) is 31.2 Å². The van der Waals surface area contributed by atoms with Crippen molar-refractivity contribution in [1.29, 1.82) is 0 Å². The van der Waals surface area contributed by atoms with E-state index >= 15 is 0 Å². The van der Waals surface area contributed by atoms with Gasteiger partial charge in [-0.05, 0) is 71.6 Å². The molecular weight excluding hydrogens is 676 g/mol. The van der Waals surface area contributed by atoms with Crippen molar-refractivity contribution < 1.29 is 35.7 Å². The van der Waals surface area contributed by atoms with Crippen molar-refractivity contribution in [3.05, 3.63) is 122 Å². The van der Waals surface area contributed by atoms with Gasteiger partial charge in [0.25, 0.3) is 16.0 Å². The molecule has 4 rings (SSSR count). The first kappa shape index (κ1) is 34.3. The zero-order valence-electron chi connectivity index (χ0n) is 23.0. The van der Waals surface area contributed by atoms with Gasteiger partial charge in [-0.3, -0.25) is 14.1 Å². The van der Waals surface area contributed by atoms with Crippen LogP contribution in [0.15, 0.2) is 84.9 Å². The van der Waals surface area contributed by atoms with Gasteiger partial charge in [0.15, 0.2) is 0 Å². The molecule has 2 amide bonds. The molecule has 1 unspecified atom stereocenters. The van der Waals surface area contributed by atoms with Crippen LogP contribution in [0.3, 0.4) is 0 Å². The number of benzene rings is 4. The van der Waals surface area contributed by atoms with Crippen molar-refractivity contribution in [2.75, 3.05) is 17.6 Å². The van der Waals surface area contributed by atoms with E-state index in [0.717, 1.165) is 12.1 Å². The average molecular weight is 700 g/mol. The predicted octanol–water partition coefficient (Wildman–Crippen LogP) is 7.92. The van der Waals surface area contributed by atoms with Crippen LogP contribution < -0.4 is 10.6 Å². The van der Waals surface area contributed by atoms with Crippen LogP contribution in [0.1, 0.15) is 33.0 Å². The molecular formula is C31H24Cl3F3N2O5S. The lowest BCUT2D eigenvalue weighted by atomic mass is 9.90. The molecule has 0 aliphatic rings. The van der Waals surface area contributed by atoms with Crippen molar-refractivity contribution in [2.24, 2.45) is 0 Å². The second-order valence-electron chi connectivity index (χ2n) is 9.92. The summed E-state index contributed by atoms with van der Waals surface area (Å²) in [5, 5.41) is 6.19. The molecule has 0 saturated heterocycles. The Kier molecular flexibility index (Phi) is 10.8. The van der Waals surface area contributed by atoms with Gasteiger partial charge >= 0.3 is 6.18 Å². The molecule has 0 heterocycles. The second-order valence-corrected chi connectivity index (χ2v) is 12.7. The Balaban J connectivity index is 1.56. The SMILES string of the molecule is O=C(NCCS(=O)(=O)O)c1ccc(CC(C(=O)Nc2ccc(-c3ccc(Cl)cc3Cl)cc2Cl)c2ccc(C(F)(F)F)cc2)cc1. The maximum absolute atomic E-state index is 13.6. The van der Waals surface area contributed by atoms with Crippen LogP contribution in [-0.2, 0) is 27.5 Å². The number of rotatable bonds is 10. The number of amides is 2. The Labute approximate surface area is 272 Å². The van der Waals surface area contributed by atoms with Gasteiger partial charge in [-0.1, -0.05) is 71.2 Å². The number of alkyl halides is 3. The van der Waals surface area contributed by atoms with Gasteiger partial charge in [0, 0.05) is 27.7 Å². The maximum atomic E-state index is 13.6. The highest BCUT2D eigenvalue weighted by molar-refractivity contribution is 7.85. The van der Waals surface area contributed by atoms with Gasteiger partial charge in [-0.25, -0.2) is 0 Å². The number of carbonyl (C=O) groups excluding carboxylic acids is 2. The van der Waals surface area contributed by atoms with E-state index in [1.54, 1.807) is 48.5 Å². The largest absolute Gasteiger partial charge is 0.416 e. The van der Waals surface area contributed by atoms with Crippen LogP contribution in [0.2, 0.25) is 15.1 Å². The van der Waals surface area contributed by atoms with Crippen LogP contribution in [0, 0.1) is 0 Å². The Hall–Kier alpha value is -3.61. The Morgan fingerprint density at radius 1 is 0.844 bits per heavy atom. The third kappa shape index (κ3) is 9.44. The first-order valence-electron chi connectivity index (χ1n) is 13.2. The van der Waals surface area contributed by atoms with Crippen LogP contribution in [0.4, 0.5) is 18.9 Å². The lowest BCUT2D eigenvalue weighted by Gasteiger charge is -2.19. The van der Waals surface area contributed by atoms with Gasteiger partial charge in [0.1, 0.15) is 0 Å². The monoisotopic (exact) mass is 698 g/mol. The molecule has 4 aromatic carbocycles. The van der Waals surface area contributed by atoms with E-state index in [4.69, 9.17) is 39.4 Å². The molecule has 0 aliphatic heterocycles. The highest BCUT2D eigenvalue weighted by atomic mass is 35.5. The standard InChI is InChI=1S/C31H24Cl3F3N2O5S/c32-23-10-11-24(26(33)17-23)21-7-12-28(27(34)16-21)39-30(41)25(19-5-8-22(9-6-19)31(35,36)37)15-18-1-3-20(4-2-18)29(40)38-13-14-45(42,43)44/h1-12,16-17,25H,13-15H2,(H,38,40)(H,39,41)(H,42,43,44). The summed E-state index contributed by atoms with van der Waals surface area (Å²) < 4.78 is 70.2. The zero-order valence-corrected chi connectivity index (χ0v) is 26.1. The molecule has 45 heavy (non-hydrogen) atoms. The molecule has 0 spiro atoms. The van der Waals surface area contributed by atoms with Gasteiger partial charge in [-0.2, -0.15) is 21.6 Å². The number of hydrogen-bond acceptors (Lipinski definition) is 4. The molecule has 3 N–H and O–H groups in total. The van der Waals surface area contributed by atoms with E-state index in [1.807, 2.05) is 0 Å². The topological polar surface area (TPSA) is 113 Å². The van der Waals surface area contributed by atoms with Crippen LogP contribution in [0.25, 0.3) is 11.1 Å². The van der Waals surface area contributed by atoms with Crippen LogP contribution >= 0.6 is 34.8 Å². The fourth-order valence-electron chi connectivity index (χ4n) is 4.42. The van der Waals surface area contributed by atoms with Gasteiger partial charge in [0.2, 0.25) is 5.91 Å². The summed E-state index contributed by atoms with van der Waals surface area (Å²) >= 11 is 18.8. The third-order valence-electron chi connectivity index (χ3n) is 6.73. The quantitative estimate of drug-likeness (QED) is 0.146. The van der Waals surface area contributed by atoms with E-state index < -0.39 is 45.3 Å². The van der Waals surface area contributed by atoms with Crippen molar-refractivity contribution in [2.45, 2.75) is 18.5 Å². The summed E-state index contributed by atoms with van der Waals surface area (Å²) in [6.45, 7) is -0.300. The van der Waals surface area contributed by atoms with Crippen molar-refractivity contribution in [3.8, 4) is 11.1 Å². The van der Waals surface area contributed by atoms with E-state index in [-0.39, 0.29) is 29.2 Å². The maximum Gasteiger partial charge on any atom is 0.416 e. The first-order valence-corrected chi connectivity index (χ1v) is 15.9. The minimum absolute atomic E-state index is 0.0535. The summed E-state index contributed by atoms with van der Waals surface area (Å²) in [5.41, 5.74) is 1.83. The Bertz CT molecular complexity index is 1820. The molecule has 0 saturated carbocycles. The summed E-state index contributed by atoms with van der Waals surface area (Å²) in [6.07, 6.45) is -4.51. The fraction of sp³-hybridized carbons (Fsp3) is 0.161. The van der Waals surface area contributed by atoms with E-state index in [0.29, 0.717) is 32.3 Å². The highest BCUT2D eigenvalue weighted by Crippen LogP contribution is 2.35. The summed E-state index contributed by atoms with van der Waals surface area (Å²) in [5.74, 6) is -2.73. The molecule has 7 nitrogen and oxygen atoms in total. The van der Waals surface area contributed by atoms with Crippen molar-refractivity contribution in [3.63, 3.8) is 0 Å². The fourth-order valence-corrected chi connectivity index (χ4v) is 5.52. The van der Waals surface area contributed by atoms with Crippen molar-refractivity contribution >= 4 is 62.4 Å². The smallest absolute Gasteiger partial charge is 0.351 e. The normalized spacial score (nSPS) is 12.4. The molecule has 0 aromatic heterocycles. The number of anilines is 1. The van der Waals surface area contributed by atoms with Gasteiger partial charge in [-0.15, -0.1) is 0 Å². The lowest BCUT2D eigenvalue weighted by molar-refractivity contribution is -0.137. The predicted molar refractivity (Wildman–Crippen MR) is 169 cm³/mol. The zero-order chi connectivity index (χ0) is 32.9. The van der Waals surface area contributed by atoms with Crippen LogP contribution in [-0.4, -0.2) is 37.1 Å². The number of carbonyl (C=O) groups is 2. The molecule has 0 aliphatic carbocycles. The molecule has 0 fully saturated rings. The highest BCUT2D eigenvalue weighted by Gasteiger charge is 2.31. The molecule has 1 atom stereocenters. The number of hydrogen-bond donors (Lipinski definition) is 3. The third-order valence-corrected chi connectivity index (χ3v) is 8.31. The average Bonchev–Trinajstić information content (AvgIpc) is 2.96. The second kappa shape index (κ2) is 14.2. The number of nitrogens with one attached hydrogen (secondary N) is 2. The molecule has 14 heteroatoms. The molecule has 4 aromatic rings. The van der Waals surface area contributed by atoms with Gasteiger partial charge < -0.3 is 10.6 Å². The summed E-state index contributed by atoms with van der Waals surface area (Å²) in [7, 11) is -4.24. The summed E-state index contributed by atoms with van der Waals surface area (Å²) in [4.78, 5) is 25.9.